The van der Waals surface area contributed by atoms with Gasteiger partial charge in [0.1, 0.15) is 32.5 Å². The molecular formula is C32H36FN5O3S2. The molecule has 8 nitrogen and oxygen atoms in total. The standard InChI is InChI=1S/C32H36FN5O3S2/c1-20-3-10-27(37-36-20)31-35-29(25-9-6-22(33)17-26(25)28(39)18-32(19-34)13-14-32)30(42-31)21-4-7-23(8-5-21)38-15-11-24(12-16-38)43(2,40)41/h3-5,7-8,10,22,24-26H,6,9,11-18H2,1-2H3/t22-,25+,26+/m0/s1. The summed E-state index contributed by atoms with van der Waals surface area (Å²) < 4.78 is 38.8. The highest BCUT2D eigenvalue weighted by Gasteiger charge is 2.48. The number of thiazole rings is 1. The van der Waals surface area contributed by atoms with Crippen LogP contribution < -0.4 is 4.90 Å². The van der Waals surface area contributed by atoms with E-state index in [9.17, 15) is 22.9 Å². The van der Waals surface area contributed by atoms with Crippen LogP contribution in [0.2, 0.25) is 0 Å². The monoisotopic (exact) mass is 621 g/mol. The Labute approximate surface area is 256 Å². The zero-order chi connectivity index (χ0) is 30.4. The van der Waals surface area contributed by atoms with Crippen LogP contribution in [0.15, 0.2) is 36.4 Å². The summed E-state index contributed by atoms with van der Waals surface area (Å²) in [6.07, 6.45) is 4.17. The van der Waals surface area contributed by atoms with Gasteiger partial charge in [0.05, 0.1) is 33.0 Å². The lowest BCUT2D eigenvalue weighted by Crippen LogP contribution is -2.38. The molecule has 3 atom stereocenters. The Balaban J connectivity index is 1.32. The number of benzene rings is 1. The van der Waals surface area contributed by atoms with Crippen molar-refractivity contribution >= 4 is 32.6 Å². The van der Waals surface area contributed by atoms with Crippen LogP contribution in [0, 0.1) is 29.6 Å². The minimum atomic E-state index is -3.04. The van der Waals surface area contributed by atoms with Crippen LogP contribution in [-0.4, -0.2) is 60.1 Å². The Kier molecular flexibility index (Phi) is 8.11. The molecule has 0 bridgehead atoms. The number of hydrogen-bond donors (Lipinski definition) is 0. The molecular weight excluding hydrogens is 586 g/mol. The highest BCUT2D eigenvalue weighted by Crippen LogP contribution is 2.52. The number of piperidine rings is 1. The van der Waals surface area contributed by atoms with E-state index in [0.29, 0.717) is 49.5 Å². The maximum atomic E-state index is 14.8. The summed E-state index contributed by atoms with van der Waals surface area (Å²) in [4.78, 5) is 21.8. The van der Waals surface area contributed by atoms with Gasteiger partial charge in [-0.2, -0.15) is 10.4 Å². The van der Waals surface area contributed by atoms with Crippen molar-refractivity contribution in [1.82, 2.24) is 15.2 Å². The molecule has 11 heteroatoms. The van der Waals surface area contributed by atoms with Crippen molar-refractivity contribution in [3.63, 3.8) is 0 Å². The van der Waals surface area contributed by atoms with E-state index in [-0.39, 0.29) is 29.8 Å². The van der Waals surface area contributed by atoms with Crippen molar-refractivity contribution in [1.29, 1.82) is 5.26 Å². The third-order valence-corrected chi connectivity index (χ3v) is 12.2. The van der Waals surface area contributed by atoms with Crippen molar-refractivity contribution in [2.75, 3.05) is 24.2 Å². The van der Waals surface area contributed by atoms with Crippen LogP contribution in [-0.2, 0) is 14.6 Å². The molecule has 226 valence electrons. The third-order valence-electron chi connectivity index (χ3n) is 9.37. The summed E-state index contributed by atoms with van der Waals surface area (Å²) >= 11 is 1.50. The number of nitriles is 1. The molecule has 0 unspecified atom stereocenters. The lowest BCUT2D eigenvalue weighted by Gasteiger charge is -2.33. The van der Waals surface area contributed by atoms with Crippen molar-refractivity contribution in [3.05, 3.63) is 47.8 Å². The fourth-order valence-electron chi connectivity index (χ4n) is 6.52. The van der Waals surface area contributed by atoms with Gasteiger partial charge >= 0.3 is 0 Å². The Hall–Kier alpha value is -3.23. The van der Waals surface area contributed by atoms with Gasteiger partial charge in [0.2, 0.25) is 0 Å². The molecule has 3 fully saturated rings. The zero-order valence-corrected chi connectivity index (χ0v) is 26.1. The largest absolute Gasteiger partial charge is 0.371 e. The number of rotatable bonds is 8. The second kappa shape index (κ2) is 11.7. The average Bonchev–Trinajstić information content (AvgIpc) is 3.64. The predicted octanol–water partition coefficient (Wildman–Crippen LogP) is 6.07. The first kappa shape index (κ1) is 29.8. The van der Waals surface area contributed by atoms with Crippen LogP contribution in [0.1, 0.15) is 68.7 Å². The van der Waals surface area contributed by atoms with Gasteiger partial charge in [0, 0.05) is 43.3 Å². The Bertz CT molecular complexity index is 1640. The first-order valence-electron chi connectivity index (χ1n) is 15.0. The molecule has 6 rings (SSSR count). The number of aryl methyl sites for hydroxylation is 1. The van der Waals surface area contributed by atoms with E-state index in [0.717, 1.165) is 40.4 Å². The van der Waals surface area contributed by atoms with Crippen LogP contribution in [0.25, 0.3) is 21.1 Å². The van der Waals surface area contributed by atoms with E-state index in [4.69, 9.17) is 4.98 Å². The zero-order valence-electron chi connectivity index (χ0n) is 24.5. The maximum absolute atomic E-state index is 14.8. The van der Waals surface area contributed by atoms with Gasteiger partial charge < -0.3 is 4.90 Å². The highest BCUT2D eigenvalue weighted by molar-refractivity contribution is 7.91. The SMILES string of the molecule is Cc1ccc(-c2nc([C@@H]3CC[C@H](F)C[C@H]3C(=O)CC3(C#N)CC3)c(-c3ccc(N4CCC(S(C)(=O)=O)CC4)cc3)s2)nn1. The van der Waals surface area contributed by atoms with E-state index < -0.39 is 27.3 Å². The van der Waals surface area contributed by atoms with E-state index in [1.54, 1.807) is 0 Å². The summed E-state index contributed by atoms with van der Waals surface area (Å²) in [5, 5.41) is 18.6. The molecule has 1 aromatic carbocycles. The molecule has 3 aromatic rings. The summed E-state index contributed by atoms with van der Waals surface area (Å²) in [7, 11) is -3.04. The fourth-order valence-corrected chi connectivity index (χ4v) is 8.70. The molecule has 2 saturated carbocycles. The second-order valence-electron chi connectivity index (χ2n) is 12.5. The number of hydrogen-bond acceptors (Lipinski definition) is 9. The number of nitrogens with zero attached hydrogens (tertiary/aromatic N) is 5. The molecule has 0 radical (unpaired) electrons. The molecule has 3 aliphatic rings. The normalized spacial score (nSPS) is 24.0. The topological polar surface area (TPSA) is 117 Å². The van der Waals surface area contributed by atoms with Crippen molar-refractivity contribution in [2.24, 2.45) is 11.3 Å². The maximum Gasteiger partial charge on any atom is 0.150 e. The van der Waals surface area contributed by atoms with Crippen LogP contribution in [0.4, 0.5) is 10.1 Å². The summed E-state index contributed by atoms with van der Waals surface area (Å²) in [6.45, 7) is 3.24. The highest BCUT2D eigenvalue weighted by atomic mass is 32.2. The van der Waals surface area contributed by atoms with Gasteiger partial charge in [0.25, 0.3) is 0 Å². The fraction of sp³-hybridized carbons (Fsp3) is 0.531. The second-order valence-corrected chi connectivity index (χ2v) is 15.8. The smallest absolute Gasteiger partial charge is 0.150 e. The van der Waals surface area contributed by atoms with E-state index in [2.05, 4.69) is 33.3 Å². The van der Waals surface area contributed by atoms with Crippen LogP contribution in [0.3, 0.4) is 0 Å². The molecule has 1 saturated heterocycles. The number of alkyl halides is 1. The van der Waals surface area contributed by atoms with Crippen molar-refractivity contribution in [2.45, 2.75) is 75.6 Å². The number of sulfone groups is 1. The Morgan fingerprint density at radius 3 is 2.42 bits per heavy atom. The molecule has 1 aliphatic heterocycles. The van der Waals surface area contributed by atoms with E-state index in [1.807, 2.05) is 31.2 Å². The van der Waals surface area contributed by atoms with Crippen LogP contribution in [0.5, 0.6) is 0 Å². The Morgan fingerprint density at radius 1 is 1.09 bits per heavy atom. The molecule has 2 aromatic heterocycles. The summed E-state index contributed by atoms with van der Waals surface area (Å²) in [5.74, 6) is -0.806. The first-order chi connectivity index (χ1) is 20.5. The third kappa shape index (κ3) is 6.36. The molecule has 0 amide bonds. The van der Waals surface area contributed by atoms with Gasteiger partial charge in [-0.15, -0.1) is 16.4 Å². The lowest BCUT2D eigenvalue weighted by atomic mass is 9.72. The minimum Gasteiger partial charge on any atom is -0.371 e. The number of aromatic nitrogens is 3. The van der Waals surface area contributed by atoms with Crippen molar-refractivity contribution < 1.29 is 17.6 Å². The molecule has 0 spiro atoms. The minimum absolute atomic E-state index is 0.0325. The first-order valence-corrected chi connectivity index (χ1v) is 17.8. The van der Waals surface area contributed by atoms with Gasteiger partial charge in [-0.05, 0) is 81.7 Å². The molecule has 0 N–H and O–H groups in total. The van der Waals surface area contributed by atoms with Gasteiger partial charge in [-0.1, -0.05) is 12.1 Å². The molecule has 2 aliphatic carbocycles. The quantitative estimate of drug-likeness (QED) is 0.297. The molecule has 43 heavy (non-hydrogen) atoms. The van der Waals surface area contributed by atoms with E-state index >= 15 is 0 Å². The van der Waals surface area contributed by atoms with Gasteiger partial charge in [-0.3, -0.25) is 4.79 Å². The van der Waals surface area contributed by atoms with Crippen LogP contribution >= 0.6 is 11.3 Å². The number of halogens is 1. The Morgan fingerprint density at radius 2 is 1.81 bits per heavy atom. The number of carbonyl (C=O) groups is 1. The molecule has 3 heterocycles. The number of carbonyl (C=O) groups excluding carboxylic acids is 1. The number of ketones is 1. The van der Waals surface area contributed by atoms with E-state index in [1.165, 1.54) is 17.6 Å². The van der Waals surface area contributed by atoms with Gasteiger partial charge in [0.15, 0.2) is 0 Å². The summed E-state index contributed by atoms with van der Waals surface area (Å²) in [6, 6.07) is 14.3. The van der Waals surface area contributed by atoms with Crippen molar-refractivity contribution in [3.8, 4) is 27.2 Å². The number of Topliss-reactive ketones (excluding diaryl/α,β-unsaturated/α-hetero) is 1. The average molecular weight is 622 g/mol. The number of anilines is 1. The predicted molar refractivity (Wildman–Crippen MR) is 165 cm³/mol. The van der Waals surface area contributed by atoms with Gasteiger partial charge in [-0.25, -0.2) is 17.8 Å². The summed E-state index contributed by atoms with van der Waals surface area (Å²) in [5.41, 5.74) is 3.65. The lowest BCUT2D eigenvalue weighted by molar-refractivity contribution is -0.126.